The first-order valence-corrected chi connectivity index (χ1v) is 4.23. The Morgan fingerprint density at radius 1 is 1.44 bits per heavy atom. The number of rotatable bonds is 2. The highest BCUT2D eigenvalue weighted by Gasteiger charge is 2.32. The molecule has 86 valence electrons. The summed E-state index contributed by atoms with van der Waals surface area (Å²) in [5.41, 5.74) is -1.16. The summed E-state index contributed by atoms with van der Waals surface area (Å²) in [6.45, 7) is -0.551. The Morgan fingerprint density at radius 2 is 2.06 bits per heavy atom. The first-order valence-electron chi connectivity index (χ1n) is 4.23. The van der Waals surface area contributed by atoms with Crippen LogP contribution in [0, 0.1) is 11.3 Å². The molecule has 1 aromatic rings. The van der Waals surface area contributed by atoms with Gasteiger partial charge in [-0.3, -0.25) is 0 Å². The molecule has 0 aliphatic carbocycles. The molecular formula is C10H8F3NO2. The fourth-order valence-electron chi connectivity index (χ4n) is 1.25. The number of alkyl halides is 3. The second-order valence-corrected chi connectivity index (χ2v) is 2.97. The van der Waals surface area contributed by atoms with Gasteiger partial charge in [0, 0.05) is 5.56 Å². The molecule has 1 rings (SSSR count). The Kier molecular flexibility index (Phi) is 3.40. The van der Waals surface area contributed by atoms with Crippen molar-refractivity contribution < 1.29 is 23.0 Å². The van der Waals surface area contributed by atoms with E-state index in [-0.39, 0.29) is 16.9 Å². The lowest BCUT2D eigenvalue weighted by atomic mass is 10.0. The van der Waals surface area contributed by atoms with Gasteiger partial charge in [-0.1, -0.05) is 0 Å². The van der Waals surface area contributed by atoms with Crippen LogP contribution in [-0.4, -0.2) is 12.2 Å². The highest BCUT2D eigenvalue weighted by molar-refractivity contribution is 5.49. The van der Waals surface area contributed by atoms with Gasteiger partial charge in [0.25, 0.3) is 0 Å². The Morgan fingerprint density at radius 3 is 2.44 bits per heavy atom. The molecule has 0 saturated heterocycles. The van der Waals surface area contributed by atoms with Crippen molar-refractivity contribution >= 4 is 0 Å². The number of methoxy groups -OCH3 is 1. The summed E-state index contributed by atoms with van der Waals surface area (Å²) in [5, 5.41) is 17.6. The van der Waals surface area contributed by atoms with Gasteiger partial charge in [0.2, 0.25) is 0 Å². The second-order valence-electron chi connectivity index (χ2n) is 2.97. The fourth-order valence-corrected chi connectivity index (χ4v) is 1.25. The molecule has 0 heterocycles. The van der Waals surface area contributed by atoms with E-state index < -0.39 is 18.3 Å². The molecule has 1 aromatic carbocycles. The average molecular weight is 231 g/mol. The second kappa shape index (κ2) is 4.41. The van der Waals surface area contributed by atoms with Crippen molar-refractivity contribution in [1.82, 2.24) is 0 Å². The van der Waals surface area contributed by atoms with Gasteiger partial charge in [-0.05, 0) is 12.1 Å². The maximum absolute atomic E-state index is 12.4. The average Bonchev–Trinajstić information content (AvgIpc) is 2.25. The number of aliphatic hydroxyl groups excluding tert-OH is 1. The van der Waals surface area contributed by atoms with E-state index in [0.29, 0.717) is 6.07 Å². The van der Waals surface area contributed by atoms with Crippen LogP contribution in [0.3, 0.4) is 0 Å². The van der Waals surface area contributed by atoms with E-state index >= 15 is 0 Å². The van der Waals surface area contributed by atoms with E-state index in [0.717, 1.165) is 6.07 Å². The molecule has 0 aliphatic rings. The summed E-state index contributed by atoms with van der Waals surface area (Å²) in [4.78, 5) is 0. The number of hydrogen-bond donors (Lipinski definition) is 1. The normalized spacial score (nSPS) is 11.0. The van der Waals surface area contributed by atoms with Crippen LogP contribution in [-0.2, 0) is 12.8 Å². The van der Waals surface area contributed by atoms with Gasteiger partial charge >= 0.3 is 6.18 Å². The SMILES string of the molecule is COc1cc(C(F)(F)F)cc(C#N)c1CO. The van der Waals surface area contributed by atoms with E-state index in [2.05, 4.69) is 0 Å². The lowest BCUT2D eigenvalue weighted by Crippen LogP contribution is -2.07. The molecule has 0 fully saturated rings. The number of benzene rings is 1. The molecule has 0 unspecified atom stereocenters. The summed E-state index contributed by atoms with van der Waals surface area (Å²) in [7, 11) is 1.18. The van der Waals surface area contributed by atoms with E-state index in [1.54, 1.807) is 6.07 Å². The summed E-state index contributed by atoms with van der Waals surface area (Å²) in [5.74, 6) is -0.145. The van der Waals surface area contributed by atoms with Gasteiger partial charge in [-0.2, -0.15) is 18.4 Å². The van der Waals surface area contributed by atoms with Crippen molar-refractivity contribution in [2.45, 2.75) is 12.8 Å². The largest absolute Gasteiger partial charge is 0.496 e. The Bertz CT molecular complexity index is 435. The topological polar surface area (TPSA) is 53.2 Å². The zero-order chi connectivity index (χ0) is 12.3. The number of halogens is 3. The van der Waals surface area contributed by atoms with Crippen molar-refractivity contribution in [2.24, 2.45) is 0 Å². The molecule has 0 amide bonds. The first-order chi connectivity index (χ1) is 7.43. The zero-order valence-electron chi connectivity index (χ0n) is 8.30. The van der Waals surface area contributed by atoms with Gasteiger partial charge in [0.15, 0.2) is 0 Å². The Hall–Kier alpha value is -1.74. The quantitative estimate of drug-likeness (QED) is 0.847. The molecule has 0 radical (unpaired) electrons. The minimum absolute atomic E-state index is 0.0537. The number of nitriles is 1. The monoisotopic (exact) mass is 231 g/mol. The summed E-state index contributed by atoms with van der Waals surface area (Å²) < 4.78 is 42.0. The standard InChI is InChI=1S/C10H8F3NO2/c1-16-9-3-7(10(11,12)13)2-6(4-14)8(9)5-15/h2-3,15H,5H2,1H3. The number of ether oxygens (including phenoxy) is 1. The van der Waals surface area contributed by atoms with Crippen LogP contribution >= 0.6 is 0 Å². The molecular weight excluding hydrogens is 223 g/mol. The van der Waals surface area contributed by atoms with E-state index in [9.17, 15) is 13.2 Å². The van der Waals surface area contributed by atoms with E-state index in [1.807, 2.05) is 0 Å². The predicted molar refractivity (Wildman–Crippen MR) is 48.6 cm³/mol. The predicted octanol–water partition coefficient (Wildman–Crippen LogP) is 2.08. The van der Waals surface area contributed by atoms with Crippen molar-refractivity contribution in [1.29, 1.82) is 5.26 Å². The van der Waals surface area contributed by atoms with Gasteiger partial charge in [-0.15, -0.1) is 0 Å². The molecule has 16 heavy (non-hydrogen) atoms. The molecule has 1 N–H and O–H groups in total. The molecule has 6 heteroatoms. The van der Waals surface area contributed by atoms with Crippen LogP contribution in [0.25, 0.3) is 0 Å². The highest BCUT2D eigenvalue weighted by Crippen LogP contribution is 2.34. The van der Waals surface area contributed by atoms with Crippen LogP contribution in [0.2, 0.25) is 0 Å². The van der Waals surface area contributed by atoms with Crippen LogP contribution < -0.4 is 4.74 Å². The maximum Gasteiger partial charge on any atom is 0.416 e. The smallest absolute Gasteiger partial charge is 0.416 e. The third-order valence-corrected chi connectivity index (χ3v) is 2.03. The van der Waals surface area contributed by atoms with E-state index in [1.165, 1.54) is 7.11 Å². The summed E-state index contributed by atoms with van der Waals surface area (Å²) in [6.07, 6.45) is -4.55. The molecule has 0 saturated carbocycles. The van der Waals surface area contributed by atoms with Crippen LogP contribution in [0.1, 0.15) is 16.7 Å². The third-order valence-electron chi connectivity index (χ3n) is 2.03. The number of aliphatic hydroxyl groups is 1. The lowest BCUT2D eigenvalue weighted by molar-refractivity contribution is -0.137. The molecule has 0 atom stereocenters. The van der Waals surface area contributed by atoms with Crippen molar-refractivity contribution in [3.05, 3.63) is 28.8 Å². The highest BCUT2D eigenvalue weighted by atomic mass is 19.4. The molecule has 3 nitrogen and oxygen atoms in total. The third kappa shape index (κ3) is 2.25. The molecule has 0 bridgehead atoms. The lowest BCUT2D eigenvalue weighted by Gasteiger charge is -2.12. The van der Waals surface area contributed by atoms with Gasteiger partial charge < -0.3 is 9.84 Å². The first kappa shape index (κ1) is 12.3. The molecule has 0 aliphatic heterocycles. The van der Waals surface area contributed by atoms with Crippen molar-refractivity contribution in [3.8, 4) is 11.8 Å². The fraction of sp³-hybridized carbons (Fsp3) is 0.300. The summed E-state index contributed by atoms with van der Waals surface area (Å²) >= 11 is 0. The van der Waals surface area contributed by atoms with Crippen molar-refractivity contribution in [3.63, 3.8) is 0 Å². The minimum atomic E-state index is -4.55. The van der Waals surface area contributed by atoms with Crippen LogP contribution in [0.5, 0.6) is 5.75 Å². The Labute approximate surface area is 89.7 Å². The Balaban J connectivity index is 3.45. The van der Waals surface area contributed by atoms with Gasteiger partial charge in [-0.25, -0.2) is 0 Å². The zero-order valence-corrected chi connectivity index (χ0v) is 8.30. The maximum atomic E-state index is 12.4. The van der Waals surface area contributed by atoms with Crippen LogP contribution in [0.15, 0.2) is 12.1 Å². The van der Waals surface area contributed by atoms with Crippen molar-refractivity contribution in [2.75, 3.05) is 7.11 Å². The van der Waals surface area contributed by atoms with Gasteiger partial charge in [0.1, 0.15) is 5.75 Å². The van der Waals surface area contributed by atoms with Gasteiger partial charge in [0.05, 0.1) is 30.9 Å². The molecule has 0 spiro atoms. The number of nitrogens with zero attached hydrogens (tertiary/aromatic N) is 1. The molecule has 0 aromatic heterocycles. The van der Waals surface area contributed by atoms with Crippen LogP contribution in [0.4, 0.5) is 13.2 Å². The number of hydrogen-bond acceptors (Lipinski definition) is 3. The van der Waals surface area contributed by atoms with E-state index in [4.69, 9.17) is 15.1 Å². The summed E-state index contributed by atoms with van der Waals surface area (Å²) in [6, 6.07) is 3.04. The minimum Gasteiger partial charge on any atom is -0.496 e.